The Morgan fingerprint density at radius 2 is 1.61 bits per heavy atom. The number of hydrogen-bond donors (Lipinski definition) is 0. The highest BCUT2D eigenvalue weighted by molar-refractivity contribution is 9.10. The summed E-state index contributed by atoms with van der Waals surface area (Å²) in [6.45, 7) is 2.26. The lowest BCUT2D eigenvalue weighted by atomic mass is 10.1. The van der Waals surface area contributed by atoms with Crippen LogP contribution < -0.4 is 0 Å². The molecule has 1 aromatic carbocycles. The van der Waals surface area contributed by atoms with Gasteiger partial charge < -0.3 is 0 Å². The molecule has 0 aliphatic rings. The lowest BCUT2D eigenvalue weighted by Gasteiger charge is -2.00. The number of rotatable bonds is 8. The van der Waals surface area contributed by atoms with Gasteiger partial charge in [0.2, 0.25) is 0 Å². The summed E-state index contributed by atoms with van der Waals surface area (Å²) in [6, 6.07) is 7.98. The highest BCUT2D eigenvalue weighted by atomic mass is 79.9. The van der Waals surface area contributed by atoms with Crippen molar-refractivity contribution < 1.29 is 0 Å². The van der Waals surface area contributed by atoms with Crippen LogP contribution in [0.4, 0.5) is 0 Å². The standard InChI is InChI=1S/C20H25BrN2/c1-2-3-4-5-6-7-8-9-10-11-16-19-20(21)17-14-12-13-15-18(17)22-23-19/h12-15H,2-10H2,1H3. The van der Waals surface area contributed by atoms with E-state index in [9.17, 15) is 0 Å². The van der Waals surface area contributed by atoms with Crippen molar-refractivity contribution >= 4 is 26.8 Å². The maximum atomic E-state index is 4.22. The summed E-state index contributed by atoms with van der Waals surface area (Å²) in [4.78, 5) is 0. The van der Waals surface area contributed by atoms with E-state index in [1.54, 1.807) is 0 Å². The van der Waals surface area contributed by atoms with Crippen molar-refractivity contribution in [2.45, 2.75) is 64.7 Å². The predicted octanol–water partition coefficient (Wildman–Crippen LogP) is 6.27. The molecule has 0 amide bonds. The minimum atomic E-state index is 0.739. The Morgan fingerprint density at radius 3 is 2.39 bits per heavy atom. The first-order chi connectivity index (χ1) is 11.3. The molecule has 0 atom stereocenters. The third-order valence-corrected chi connectivity index (χ3v) is 4.77. The second kappa shape index (κ2) is 10.4. The number of aromatic nitrogens is 2. The monoisotopic (exact) mass is 372 g/mol. The molecule has 0 saturated carbocycles. The van der Waals surface area contributed by atoms with Crippen molar-refractivity contribution in [2.75, 3.05) is 0 Å². The Bertz CT molecular complexity index is 670. The zero-order valence-corrected chi connectivity index (χ0v) is 15.5. The van der Waals surface area contributed by atoms with Gasteiger partial charge in [-0.05, 0) is 34.3 Å². The number of benzene rings is 1. The molecule has 1 aromatic heterocycles. The minimum absolute atomic E-state index is 0.739. The van der Waals surface area contributed by atoms with Gasteiger partial charge in [-0.25, -0.2) is 0 Å². The van der Waals surface area contributed by atoms with Gasteiger partial charge in [-0.3, -0.25) is 0 Å². The van der Waals surface area contributed by atoms with E-state index in [0.29, 0.717) is 0 Å². The van der Waals surface area contributed by atoms with Crippen LogP contribution in [0.5, 0.6) is 0 Å². The van der Waals surface area contributed by atoms with Crippen molar-refractivity contribution in [2.24, 2.45) is 0 Å². The number of hydrogen-bond acceptors (Lipinski definition) is 2. The van der Waals surface area contributed by atoms with E-state index in [-0.39, 0.29) is 0 Å². The van der Waals surface area contributed by atoms with Gasteiger partial charge in [0, 0.05) is 11.8 Å². The molecular formula is C20H25BrN2. The molecule has 0 aliphatic carbocycles. The van der Waals surface area contributed by atoms with Crippen LogP contribution in [0.15, 0.2) is 28.7 Å². The van der Waals surface area contributed by atoms with Gasteiger partial charge in [-0.1, -0.05) is 76.0 Å². The van der Waals surface area contributed by atoms with Gasteiger partial charge in [-0.15, -0.1) is 10.2 Å². The highest BCUT2D eigenvalue weighted by Crippen LogP contribution is 2.23. The van der Waals surface area contributed by atoms with E-state index in [4.69, 9.17) is 0 Å². The molecular weight excluding hydrogens is 348 g/mol. The van der Waals surface area contributed by atoms with Crippen molar-refractivity contribution in [1.29, 1.82) is 0 Å². The van der Waals surface area contributed by atoms with Crippen molar-refractivity contribution in [3.05, 3.63) is 34.4 Å². The van der Waals surface area contributed by atoms with E-state index >= 15 is 0 Å². The van der Waals surface area contributed by atoms with Crippen LogP contribution in [0.25, 0.3) is 10.9 Å². The van der Waals surface area contributed by atoms with Gasteiger partial charge in [0.25, 0.3) is 0 Å². The fourth-order valence-electron chi connectivity index (χ4n) is 2.60. The molecule has 0 N–H and O–H groups in total. The first-order valence-corrected chi connectivity index (χ1v) is 9.52. The van der Waals surface area contributed by atoms with Crippen molar-refractivity contribution in [3.63, 3.8) is 0 Å². The third-order valence-electron chi connectivity index (χ3n) is 3.97. The minimum Gasteiger partial charge on any atom is -0.149 e. The van der Waals surface area contributed by atoms with Gasteiger partial charge in [-0.2, -0.15) is 0 Å². The molecule has 1 heterocycles. The summed E-state index contributed by atoms with van der Waals surface area (Å²) in [5, 5.41) is 9.50. The summed E-state index contributed by atoms with van der Waals surface area (Å²) in [6.07, 6.45) is 11.6. The number of unbranched alkanes of at least 4 members (excludes halogenated alkanes) is 8. The van der Waals surface area contributed by atoms with Crippen LogP contribution in [0.2, 0.25) is 0 Å². The highest BCUT2D eigenvalue weighted by Gasteiger charge is 2.04. The fraction of sp³-hybridized carbons (Fsp3) is 0.500. The lowest BCUT2D eigenvalue weighted by molar-refractivity contribution is 0.579. The summed E-state index contributed by atoms with van der Waals surface area (Å²) in [5.41, 5.74) is 1.64. The topological polar surface area (TPSA) is 25.8 Å². The van der Waals surface area contributed by atoms with Crippen LogP contribution in [0, 0.1) is 11.8 Å². The zero-order chi connectivity index (χ0) is 16.3. The Kier molecular flexibility index (Phi) is 8.11. The molecule has 0 spiro atoms. The molecule has 3 heteroatoms. The van der Waals surface area contributed by atoms with Crippen molar-refractivity contribution in [1.82, 2.24) is 10.2 Å². The molecule has 2 nitrogen and oxygen atoms in total. The van der Waals surface area contributed by atoms with E-state index in [2.05, 4.69) is 44.9 Å². The third kappa shape index (κ3) is 5.95. The second-order valence-corrected chi connectivity index (χ2v) is 6.70. The number of nitrogens with zero attached hydrogens (tertiary/aromatic N) is 2. The number of fused-ring (bicyclic) bond motifs is 1. The molecule has 122 valence electrons. The smallest absolute Gasteiger partial charge is 0.149 e. The molecule has 0 bridgehead atoms. The summed E-state index contributed by atoms with van der Waals surface area (Å²) >= 11 is 3.60. The molecule has 2 rings (SSSR count). The quantitative estimate of drug-likeness (QED) is 0.402. The van der Waals surface area contributed by atoms with Crippen LogP contribution >= 0.6 is 15.9 Å². The summed E-state index contributed by atoms with van der Waals surface area (Å²) in [5.74, 6) is 6.39. The molecule has 0 fully saturated rings. The van der Waals surface area contributed by atoms with Gasteiger partial charge in [0.15, 0.2) is 5.69 Å². The molecule has 0 unspecified atom stereocenters. The average molecular weight is 373 g/mol. The molecule has 2 aromatic rings. The normalized spacial score (nSPS) is 10.5. The zero-order valence-electron chi connectivity index (χ0n) is 13.9. The maximum Gasteiger partial charge on any atom is 0.150 e. The van der Waals surface area contributed by atoms with Crippen molar-refractivity contribution in [3.8, 4) is 11.8 Å². The Balaban J connectivity index is 1.74. The molecule has 0 radical (unpaired) electrons. The van der Waals surface area contributed by atoms with E-state index in [1.807, 2.05) is 24.3 Å². The molecule has 0 aliphatic heterocycles. The fourth-order valence-corrected chi connectivity index (χ4v) is 3.11. The molecule has 23 heavy (non-hydrogen) atoms. The average Bonchev–Trinajstić information content (AvgIpc) is 2.58. The summed E-state index contributed by atoms with van der Waals surface area (Å²) < 4.78 is 0.950. The van der Waals surface area contributed by atoms with Gasteiger partial charge in [0.1, 0.15) is 0 Å². The van der Waals surface area contributed by atoms with Crippen LogP contribution in [0.1, 0.15) is 70.4 Å². The summed E-state index contributed by atoms with van der Waals surface area (Å²) in [7, 11) is 0. The van der Waals surface area contributed by atoms with Gasteiger partial charge in [0.05, 0.1) is 9.99 Å². The lowest BCUT2D eigenvalue weighted by Crippen LogP contribution is -1.91. The predicted molar refractivity (Wildman–Crippen MR) is 101 cm³/mol. The maximum absolute atomic E-state index is 4.22. The second-order valence-electron chi connectivity index (χ2n) is 5.91. The largest absolute Gasteiger partial charge is 0.150 e. The van der Waals surface area contributed by atoms with Gasteiger partial charge >= 0.3 is 0 Å². The van der Waals surface area contributed by atoms with Crippen LogP contribution in [-0.2, 0) is 0 Å². The Morgan fingerprint density at radius 1 is 0.913 bits per heavy atom. The first kappa shape index (κ1) is 17.9. The first-order valence-electron chi connectivity index (χ1n) is 8.72. The Labute approximate surface area is 148 Å². The van der Waals surface area contributed by atoms with E-state index < -0.39 is 0 Å². The van der Waals surface area contributed by atoms with E-state index in [0.717, 1.165) is 27.5 Å². The number of halogens is 1. The molecule has 0 saturated heterocycles. The van der Waals surface area contributed by atoms with E-state index in [1.165, 1.54) is 51.4 Å². The Hall–Kier alpha value is -1.40. The van der Waals surface area contributed by atoms with Crippen LogP contribution in [-0.4, -0.2) is 10.2 Å². The van der Waals surface area contributed by atoms with Crippen LogP contribution in [0.3, 0.4) is 0 Å². The SMILES string of the molecule is CCCCCCCCCCC#Cc1nnc2ccccc2c1Br.